The summed E-state index contributed by atoms with van der Waals surface area (Å²) in [4.78, 5) is 18.5. The second-order valence-corrected chi connectivity index (χ2v) is 12.4. The lowest BCUT2D eigenvalue weighted by Gasteiger charge is -2.32. The molecule has 45 heavy (non-hydrogen) atoms. The predicted molar refractivity (Wildman–Crippen MR) is 172 cm³/mol. The number of hydrogen-bond donors (Lipinski definition) is 2. The molecule has 2 fully saturated rings. The second kappa shape index (κ2) is 17.3. The Labute approximate surface area is 275 Å². The molecule has 0 amide bonds. The number of halogens is 5. The van der Waals surface area contributed by atoms with Gasteiger partial charge in [-0.3, -0.25) is 4.90 Å². The quantitative estimate of drug-likeness (QED) is 0.208. The summed E-state index contributed by atoms with van der Waals surface area (Å²) in [6.07, 6.45) is -0.571. The summed E-state index contributed by atoms with van der Waals surface area (Å²) in [5, 5.41) is 15.3. The Morgan fingerprint density at radius 3 is 2.38 bits per heavy atom. The van der Waals surface area contributed by atoms with Crippen LogP contribution in [0, 0.1) is 0 Å². The van der Waals surface area contributed by atoms with E-state index in [1.165, 1.54) is 18.4 Å². The number of likely N-dealkylation sites (tertiary alicyclic amines) is 1. The number of nitrogens with one attached hydrogen (secondary N) is 1. The number of morpholine rings is 1. The molecule has 0 bridgehead atoms. The number of aromatic nitrogens is 1. The standard InChI is InChI=1S/C29H36Cl2N4O2S.C2HF3O2/c30-26-8-3-22(19-27(26)31)20-34-12-9-24(10-13-34)32-11-1-2-16-37-25-6-4-23(5-7-25)28-21-38-29(33-28)35-14-17-36-18-15-35;3-2(4,5)1(6)7/h3-8,19,21,24,32H,1-2,9-18,20H2;(H,6,7). The van der Waals surface area contributed by atoms with Crippen molar-refractivity contribution in [3.05, 3.63) is 63.5 Å². The lowest BCUT2D eigenvalue weighted by molar-refractivity contribution is -0.192. The Morgan fingerprint density at radius 2 is 1.73 bits per heavy atom. The lowest BCUT2D eigenvalue weighted by atomic mass is 10.0. The van der Waals surface area contributed by atoms with E-state index in [0.717, 1.165) is 94.1 Å². The number of carboxylic acids is 1. The van der Waals surface area contributed by atoms with Crippen LogP contribution in [0.5, 0.6) is 5.75 Å². The molecule has 1 aromatic heterocycles. The molecule has 14 heteroatoms. The van der Waals surface area contributed by atoms with Gasteiger partial charge in [-0.1, -0.05) is 29.3 Å². The first-order chi connectivity index (χ1) is 21.6. The average Bonchev–Trinajstić information content (AvgIpc) is 3.53. The van der Waals surface area contributed by atoms with Crippen molar-refractivity contribution in [1.82, 2.24) is 15.2 Å². The Balaban J connectivity index is 0.000000591. The van der Waals surface area contributed by atoms with Gasteiger partial charge in [0.25, 0.3) is 0 Å². The third-order valence-corrected chi connectivity index (χ3v) is 9.06. The van der Waals surface area contributed by atoms with Crippen LogP contribution < -0.4 is 15.0 Å². The monoisotopic (exact) mass is 688 g/mol. The van der Waals surface area contributed by atoms with Crippen molar-refractivity contribution in [2.45, 2.75) is 44.4 Å². The highest BCUT2D eigenvalue weighted by Crippen LogP contribution is 2.29. The van der Waals surface area contributed by atoms with Crippen molar-refractivity contribution < 1.29 is 32.5 Å². The fourth-order valence-electron chi connectivity index (χ4n) is 4.93. The van der Waals surface area contributed by atoms with Gasteiger partial charge in [-0.25, -0.2) is 9.78 Å². The normalized spacial score (nSPS) is 16.2. The number of aliphatic carboxylic acids is 1. The van der Waals surface area contributed by atoms with Crippen LogP contribution in [0.1, 0.15) is 31.2 Å². The number of unbranched alkanes of at least 4 members (excludes halogenated alkanes) is 1. The van der Waals surface area contributed by atoms with Crippen molar-refractivity contribution in [2.24, 2.45) is 0 Å². The van der Waals surface area contributed by atoms with Gasteiger partial charge < -0.3 is 24.8 Å². The summed E-state index contributed by atoms with van der Waals surface area (Å²) in [6, 6.07) is 14.8. The number of anilines is 1. The lowest BCUT2D eigenvalue weighted by Crippen LogP contribution is -2.42. The molecule has 0 radical (unpaired) electrons. The van der Waals surface area contributed by atoms with Crippen molar-refractivity contribution in [1.29, 1.82) is 0 Å². The Morgan fingerprint density at radius 1 is 1.04 bits per heavy atom. The molecule has 0 aliphatic carbocycles. The topological polar surface area (TPSA) is 87.2 Å². The summed E-state index contributed by atoms with van der Waals surface area (Å²) in [6.45, 7) is 8.29. The third kappa shape index (κ3) is 11.6. The van der Waals surface area contributed by atoms with Crippen molar-refractivity contribution in [2.75, 3.05) is 57.4 Å². The van der Waals surface area contributed by atoms with Gasteiger partial charge >= 0.3 is 12.1 Å². The van der Waals surface area contributed by atoms with Crippen LogP contribution in [0.25, 0.3) is 11.3 Å². The van der Waals surface area contributed by atoms with E-state index in [2.05, 4.69) is 38.7 Å². The van der Waals surface area contributed by atoms with Gasteiger partial charge in [-0.2, -0.15) is 13.2 Å². The first-order valence-electron chi connectivity index (χ1n) is 14.8. The number of rotatable bonds is 11. The predicted octanol–water partition coefficient (Wildman–Crippen LogP) is 7.00. The minimum absolute atomic E-state index is 0.600. The molecular weight excluding hydrogens is 652 g/mol. The minimum Gasteiger partial charge on any atom is -0.494 e. The van der Waals surface area contributed by atoms with Gasteiger partial charge in [0.1, 0.15) is 5.75 Å². The van der Waals surface area contributed by atoms with Gasteiger partial charge in [0.05, 0.1) is 35.6 Å². The van der Waals surface area contributed by atoms with Crippen LogP contribution in [0.2, 0.25) is 10.0 Å². The van der Waals surface area contributed by atoms with Crippen molar-refractivity contribution in [3.63, 3.8) is 0 Å². The zero-order valence-corrected chi connectivity index (χ0v) is 27.0. The number of nitrogens with zero attached hydrogens (tertiary/aromatic N) is 3. The van der Waals surface area contributed by atoms with E-state index < -0.39 is 12.1 Å². The van der Waals surface area contributed by atoms with Crippen LogP contribution in [0.3, 0.4) is 0 Å². The number of carbonyl (C=O) groups is 1. The second-order valence-electron chi connectivity index (χ2n) is 10.8. The molecule has 3 heterocycles. The molecule has 2 aliphatic heterocycles. The highest BCUT2D eigenvalue weighted by molar-refractivity contribution is 7.14. The summed E-state index contributed by atoms with van der Waals surface area (Å²) in [7, 11) is 0. The van der Waals surface area contributed by atoms with Gasteiger partial charge in [0.15, 0.2) is 5.13 Å². The first-order valence-corrected chi connectivity index (χ1v) is 16.4. The van der Waals surface area contributed by atoms with Gasteiger partial charge in [-0.05, 0) is 87.3 Å². The number of hydrogen-bond acceptors (Lipinski definition) is 8. The van der Waals surface area contributed by atoms with E-state index in [4.69, 9.17) is 47.6 Å². The summed E-state index contributed by atoms with van der Waals surface area (Å²) in [5.74, 6) is -1.84. The molecule has 3 aromatic rings. The van der Waals surface area contributed by atoms with Crippen LogP contribution in [0.15, 0.2) is 47.8 Å². The van der Waals surface area contributed by atoms with Crippen molar-refractivity contribution >= 4 is 45.6 Å². The van der Waals surface area contributed by atoms with Crippen molar-refractivity contribution in [3.8, 4) is 17.0 Å². The first kappa shape index (κ1) is 35.2. The largest absolute Gasteiger partial charge is 0.494 e. The van der Waals surface area contributed by atoms with Crippen LogP contribution in [-0.4, -0.2) is 85.7 Å². The number of piperidine rings is 1. The SMILES string of the molecule is Clc1ccc(CN2CCC(NCCCCOc3ccc(-c4csc(N5CCOCC5)n4)cc3)CC2)cc1Cl.O=C(O)C(F)(F)F. The molecule has 2 aromatic carbocycles. The number of thiazole rings is 1. The smallest absolute Gasteiger partial charge is 0.490 e. The molecule has 2 N–H and O–H groups in total. The Kier molecular flexibility index (Phi) is 13.6. The number of ether oxygens (including phenoxy) is 2. The molecule has 246 valence electrons. The molecule has 2 aliphatic rings. The highest BCUT2D eigenvalue weighted by atomic mass is 35.5. The zero-order valence-electron chi connectivity index (χ0n) is 24.7. The van der Waals surface area contributed by atoms with Gasteiger partial charge in [-0.15, -0.1) is 11.3 Å². The molecule has 5 rings (SSSR count). The van der Waals surface area contributed by atoms with Gasteiger partial charge in [0.2, 0.25) is 0 Å². The molecule has 0 saturated carbocycles. The molecule has 0 spiro atoms. The van der Waals surface area contributed by atoms with E-state index in [-0.39, 0.29) is 0 Å². The molecular formula is C31H37Cl2F3N4O4S. The Hall–Kier alpha value is -2.61. The van der Waals surface area contributed by atoms with E-state index in [1.807, 2.05) is 24.3 Å². The van der Waals surface area contributed by atoms with E-state index in [1.54, 1.807) is 11.3 Å². The van der Waals surface area contributed by atoms with Crippen LogP contribution >= 0.6 is 34.5 Å². The number of benzene rings is 2. The zero-order chi connectivity index (χ0) is 32.2. The van der Waals surface area contributed by atoms with E-state index in [9.17, 15) is 13.2 Å². The summed E-state index contributed by atoms with van der Waals surface area (Å²) >= 11 is 13.9. The molecule has 2 saturated heterocycles. The molecule has 8 nitrogen and oxygen atoms in total. The maximum absolute atomic E-state index is 10.6. The third-order valence-electron chi connectivity index (χ3n) is 7.42. The molecule has 0 unspecified atom stereocenters. The van der Waals surface area contributed by atoms with Crippen LogP contribution in [0.4, 0.5) is 18.3 Å². The summed E-state index contributed by atoms with van der Waals surface area (Å²) < 4.78 is 43.2. The van der Waals surface area contributed by atoms with E-state index >= 15 is 0 Å². The fourth-order valence-corrected chi connectivity index (χ4v) is 6.14. The molecule has 0 atom stereocenters. The average molecular weight is 690 g/mol. The summed E-state index contributed by atoms with van der Waals surface area (Å²) in [5.41, 5.74) is 3.37. The number of carboxylic acid groups (broad SMARTS) is 1. The van der Waals surface area contributed by atoms with E-state index in [0.29, 0.717) is 16.1 Å². The maximum atomic E-state index is 10.6. The maximum Gasteiger partial charge on any atom is 0.490 e. The van der Waals surface area contributed by atoms with Crippen LogP contribution in [-0.2, 0) is 16.1 Å². The fraction of sp³-hybridized carbons (Fsp3) is 0.484. The van der Waals surface area contributed by atoms with Gasteiger partial charge in [0, 0.05) is 36.6 Å². The number of alkyl halides is 3. The minimum atomic E-state index is -5.08. The Bertz CT molecular complexity index is 1350. The highest BCUT2D eigenvalue weighted by Gasteiger charge is 2.38.